The summed E-state index contributed by atoms with van der Waals surface area (Å²) in [6.07, 6.45) is 0.220. The summed E-state index contributed by atoms with van der Waals surface area (Å²) in [5.74, 6) is -0.106. The van der Waals surface area contributed by atoms with Crippen LogP contribution < -0.4 is 16.0 Å². The first kappa shape index (κ1) is 21.1. The molecule has 0 saturated heterocycles. The number of urea groups is 1. The van der Waals surface area contributed by atoms with E-state index < -0.39 is 0 Å². The third kappa shape index (κ3) is 6.48. The molecule has 0 unspecified atom stereocenters. The minimum absolute atomic E-state index is 0.106. The van der Waals surface area contributed by atoms with Gasteiger partial charge in [0, 0.05) is 30.9 Å². The zero-order valence-electron chi connectivity index (χ0n) is 17.3. The molecule has 0 aliphatic carbocycles. The van der Waals surface area contributed by atoms with Gasteiger partial charge in [-0.2, -0.15) is 5.10 Å². The van der Waals surface area contributed by atoms with Gasteiger partial charge < -0.3 is 16.0 Å². The number of benzene rings is 2. The Morgan fingerprint density at radius 3 is 2.43 bits per heavy atom. The maximum atomic E-state index is 12.1. The van der Waals surface area contributed by atoms with E-state index in [0.29, 0.717) is 18.8 Å². The summed E-state index contributed by atoms with van der Waals surface area (Å²) >= 11 is 0. The lowest BCUT2D eigenvalue weighted by Gasteiger charge is -2.10. The molecule has 3 aromatic rings. The highest BCUT2D eigenvalue weighted by molar-refractivity contribution is 5.89. The molecule has 3 N–H and O–H groups in total. The first-order valence-corrected chi connectivity index (χ1v) is 9.95. The number of anilines is 1. The lowest BCUT2D eigenvalue weighted by atomic mass is 10.2. The second kappa shape index (κ2) is 10.2. The van der Waals surface area contributed by atoms with Gasteiger partial charge in [0.1, 0.15) is 0 Å². The maximum Gasteiger partial charge on any atom is 0.319 e. The van der Waals surface area contributed by atoms with Crippen molar-refractivity contribution in [2.24, 2.45) is 0 Å². The molecular weight excluding hydrogens is 378 g/mol. The third-order valence-electron chi connectivity index (χ3n) is 4.59. The van der Waals surface area contributed by atoms with Crippen molar-refractivity contribution < 1.29 is 9.59 Å². The van der Waals surface area contributed by atoms with Crippen LogP contribution in [0.25, 0.3) is 0 Å². The molecule has 30 heavy (non-hydrogen) atoms. The van der Waals surface area contributed by atoms with Gasteiger partial charge in [-0.15, -0.1) is 0 Å². The van der Waals surface area contributed by atoms with E-state index in [0.717, 1.165) is 22.5 Å². The molecule has 0 fully saturated rings. The van der Waals surface area contributed by atoms with Crippen molar-refractivity contribution in [2.75, 3.05) is 11.9 Å². The zero-order chi connectivity index (χ0) is 21.3. The molecule has 7 nitrogen and oxygen atoms in total. The number of nitrogens with zero attached hydrogens (tertiary/aromatic N) is 2. The Bertz CT molecular complexity index is 998. The average molecular weight is 406 g/mol. The number of aromatic nitrogens is 2. The van der Waals surface area contributed by atoms with E-state index in [4.69, 9.17) is 0 Å². The number of amides is 3. The summed E-state index contributed by atoms with van der Waals surface area (Å²) in [5, 5.41) is 12.8. The average Bonchev–Trinajstić information content (AvgIpc) is 3.04. The van der Waals surface area contributed by atoms with Crippen LogP contribution in [0.4, 0.5) is 10.5 Å². The van der Waals surface area contributed by atoms with Crippen LogP contribution in [0.1, 0.15) is 28.9 Å². The van der Waals surface area contributed by atoms with Crippen molar-refractivity contribution >= 4 is 17.6 Å². The molecule has 0 aliphatic rings. The molecule has 0 bridgehead atoms. The SMILES string of the molecule is Cc1cc(C)n(Cc2cccc(NC(=O)NCCC(=O)NCc3ccccc3)c2)n1. The van der Waals surface area contributed by atoms with Crippen LogP contribution in [-0.4, -0.2) is 28.3 Å². The Hall–Kier alpha value is -3.61. The standard InChI is InChI=1S/C23H27N5O2/c1-17-13-18(2)28(27-17)16-20-9-6-10-21(14-20)26-23(30)24-12-11-22(29)25-15-19-7-4-3-5-8-19/h3-10,13-14H,11-12,15-16H2,1-2H3,(H,25,29)(H2,24,26,30). The van der Waals surface area contributed by atoms with Crippen molar-refractivity contribution in [1.29, 1.82) is 0 Å². The maximum absolute atomic E-state index is 12.1. The third-order valence-corrected chi connectivity index (χ3v) is 4.59. The topological polar surface area (TPSA) is 88.0 Å². The molecular formula is C23H27N5O2. The predicted molar refractivity (Wildman–Crippen MR) is 117 cm³/mol. The summed E-state index contributed by atoms with van der Waals surface area (Å²) in [5.41, 5.74) is 4.85. The van der Waals surface area contributed by atoms with E-state index in [1.54, 1.807) is 0 Å². The van der Waals surface area contributed by atoms with Crippen molar-refractivity contribution in [2.45, 2.75) is 33.4 Å². The van der Waals surface area contributed by atoms with Crippen molar-refractivity contribution in [1.82, 2.24) is 20.4 Å². The molecule has 1 heterocycles. The van der Waals surface area contributed by atoms with Crippen molar-refractivity contribution in [3.8, 4) is 0 Å². The number of hydrogen-bond donors (Lipinski definition) is 3. The van der Waals surface area contributed by atoms with Crippen molar-refractivity contribution in [3.05, 3.63) is 83.2 Å². The second-order valence-electron chi connectivity index (χ2n) is 7.18. The number of carbonyl (C=O) groups excluding carboxylic acids is 2. The molecule has 3 rings (SSSR count). The molecule has 1 aromatic heterocycles. The lowest BCUT2D eigenvalue weighted by Crippen LogP contribution is -2.33. The first-order valence-electron chi connectivity index (χ1n) is 9.95. The molecule has 0 radical (unpaired) electrons. The van der Waals surface area contributed by atoms with E-state index in [1.165, 1.54) is 0 Å². The van der Waals surface area contributed by atoms with Gasteiger partial charge in [0.25, 0.3) is 0 Å². The number of rotatable bonds is 8. The van der Waals surface area contributed by atoms with E-state index in [1.807, 2.05) is 79.2 Å². The first-order chi connectivity index (χ1) is 14.5. The Labute approximate surface area is 176 Å². The van der Waals surface area contributed by atoms with Gasteiger partial charge in [0.2, 0.25) is 5.91 Å². The van der Waals surface area contributed by atoms with Gasteiger partial charge in [-0.1, -0.05) is 42.5 Å². The van der Waals surface area contributed by atoms with E-state index in [-0.39, 0.29) is 24.9 Å². The fourth-order valence-corrected chi connectivity index (χ4v) is 3.11. The molecule has 7 heteroatoms. The predicted octanol–water partition coefficient (Wildman–Crippen LogP) is 3.38. The highest BCUT2D eigenvalue weighted by atomic mass is 16.2. The normalized spacial score (nSPS) is 10.5. The number of nitrogens with one attached hydrogen (secondary N) is 3. The van der Waals surface area contributed by atoms with E-state index in [9.17, 15) is 9.59 Å². The monoisotopic (exact) mass is 405 g/mol. The van der Waals surface area contributed by atoms with Gasteiger partial charge in [0.15, 0.2) is 0 Å². The Morgan fingerprint density at radius 1 is 0.933 bits per heavy atom. The fraction of sp³-hybridized carbons (Fsp3) is 0.261. The van der Waals surface area contributed by atoms with E-state index in [2.05, 4.69) is 21.0 Å². The van der Waals surface area contributed by atoms with Crippen LogP contribution in [-0.2, 0) is 17.9 Å². The summed E-state index contributed by atoms with van der Waals surface area (Å²) < 4.78 is 1.93. The minimum Gasteiger partial charge on any atom is -0.352 e. The molecule has 2 aromatic carbocycles. The smallest absolute Gasteiger partial charge is 0.319 e. The highest BCUT2D eigenvalue weighted by Crippen LogP contribution is 2.13. The minimum atomic E-state index is -0.339. The van der Waals surface area contributed by atoms with Crippen LogP contribution in [0.2, 0.25) is 0 Å². The second-order valence-corrected chi connectivity index (χ2v) is 7.18. The summed E-state index contributed by atoms with van der Waals surface area (Å²) in [7, 11) is 0. The lowest BCUT2D eigenvalue weighted by molar-refractivity contribution is -0.121. The van der Waals surface area contributed by atoms with Crippen LogP contribution in [0.5, 0.6) is 0 Å². The van der Waals surface area contributed by atoms with Crippen molar-refractivity contribution in [3.63, 3.8) is 0 Å². The van der Waals surface area contributed by atoms with Gasteiger partial charge in [-0.3, -0.25) is 9.48 Å². The molecule has 0 saturated carbocycles. The van der Waals surface area contributed by atoms with Crippen LogP contribution >= 0.6 is 0 Å². The zero-order valence-corrected chi connectivity index (χ0v) is 17.3. The van der Waals surface area contributed by atoms with Crippen LogP contribution in [0.3, 0.4) is 0 Å². The van der Waals surface area contributed by atoms with Crippen LogP contribution in [0, 0.1) is 13.8 Å². The van der Waals surface area contributed by atoms with Gasteiger partial charge in [-0.25, -0.2) is 4.79 Å². The largest absolute Gasteiger partial charge is 0.352 e. The molecule has 156 valence electrons. The summed E-state index contributed by atoms with van der Waals surface area (Å²) in [4.78, 5) is 24.0. The molecule has 0 aliphatic heterocycles. The summed E-state index contributed by atoms with van der Waals surface area (Å²) in [6, 6.07) is 19.0. The van der Waals surface area contributed by atoms with Crippen LogP contribution in [0.15, 0.2) is 60.7 Å². The molecule has 0 atom stereocenters. The Balaban J connectivity index is 1.41. The van der Waals surface area contributed by atoms with Gasteiger partial charge in [0.05, 0.1) is 12.2 Å². The Kier molecular flexibility index (Phi) is 7.21. The highest BCUT2D eigenvalue weighted by Gasteiger charge is 2.06. The number of hydrogen-bond acceptors (Lipinski definition) is 3. The fourth-order valence-electron chi connectivity index (χ4n) is 3.11. The number of carbonyl (C=O) groups is 2. The van der Waals surface area contributed by atoms with Gasteiger partial charge in [-0.05, 0) is 43.2 Å². The van der Waals surface area contributed by atoms with E-state index >= 15 is 0 Å². The molecule has 3 amide bonds. The number of aryl methyl sites for hydroxylation is 2. The summed E-state index contributed by atoms with van der Waals surface area (Å²) in [6.45, 7) is 5.36. The van der Waals surface area contributed by atoms with Gasteiger partial charge >= 0.3 is 6.03 Å². The quantitative estimate of drug-likeness (QED) is 0.537. The Morgan fingerprint density at radius 2 is 1.70 bits per heavy atom. The molecule has 0 spiro atoms.